The monoisotopic (exact) mass is 346 g/mol. The van der Waals surface area contributed by atoms with Crippen LogP contribution in [0.15, 0.2) is 121 Å². The zero-order valence-electron chi connectivity index (χ0n) is 15.4. The number of fused-ring (bicyclic) bond motifs is 1. The third-order valence-electron chi connectivity index (χ3n) is 4.95. The molecule has 0 heteroatoms. The lowest BCUT2D eigenvalue weighted by atomic mass is 9.77. The summed E-state index contributed by atoms with van der Waals surface area (Å²) in [6.45, 7) is 8.78. The van der Waals surface area contributed by atoms with Crippen LogP contribution in [-0.2, 0) is 6.42 Å². The summed E-state index contributed by atoms with van der Waals surface area (Å²) in [6, 6.07) is 29.5. The van der Waals surface area contributed by atoms with Gasteiger partial charge in [0.1, 0.15) is 0 Å². The first kappa shape index (κ1) is 17.1. The number of benzene rings is 3. The van der Waals surface area contributed by atoms with E-state index in [2.05, 4.69) is 92.0 Å². The summed E-state index contributed by atoms with van der Waals surface area (Å²) in [4.78, 5) is 0. The van der Waals surface area contributed by atoms with E-state index in [9.17, 15) is 0 Å². The second-order valence-electron chi connectivity index (χ2n) is 6.82. The molecule has 0 spiro atoms. The lowest BCUT2D eigenvalue weighted by Gasteiger charge is -2.26. The zero-order chi connectivity index (χ0) is 18.6. The van der Waals surface area contributed by atoms with Crippen LogP contribution in [0, 0.1) is 0 Å². The van der Waals surface area contributed by atoms with E-state index in [0.717, 1.165) is 23.1 Å². The maximum Gasteiger partial charge on any atom is -0.00191 e. The first-order chi connectivity index (χ1) is 13.2. The van der Waals surface area contributed by atoms with Crippen LogP contribution in [0.5, 0.6) is 0 Å². The Morgan fingerprint density at radius 1 is 0.778 bits per heavy atom. The maximum atomic E-state index is 4.39. The predicted molar refractivity (Wildman–Crippen MR) is 116 cm³/mol. The van der Waals surface area contributed by atoms with Crippen molar-refractivity contribution in [2.75, 3.05) is 0 Å². The number of hydrogen-bond acceptors (Lipinski definition) is 0. The molecule has 0 fully saturated rings. The summed E-state index contributed by atoms with van der Waals surface area (Å²) in [5.74, 6) is 0. The van der Waals surface area contributed by atoms with Crippen LogP contribution in [0.1, 0.15) is 22.3 Å². The molecule has 0 bridgehead atoms. The van der Waals surface area contributed by atoms with E-state index in [0.29, 0.717) is 0 Å². The van der Waals surface area contributed by atoms with Crippen LogP contribution in [0.4, 0.5) is 0 Å². The second-order valence-corrected chi connectivity index (χ2v) is 6.82. The molecular weight excluding hydrogens is 324 g/mol. The molecule has 130 valence electrons. The second kappa shape index (κ2) is 7.47. The van der Waals surface area contributed by atoms with Gasteiger partial charge in [-0.15, -0.1) is 0 Å². The first-order valence-corrected chi connectivity index (χ1v) is 9.22. The van der Waals surface area contributed by atoms with Crippen molar-refractivity contribution < 1.29 is 0 Å². The van der Waals surface area contributed by atoms with E-state index >= 15 is 0 Å². The number of rotatable bonds is 4. The van der Waals surface area contributed by atoms with E-state index in [1.165, 1.54) is 27.8 Å². The normalized spacial score (nSPS) is 13.7. The van der Waals surface area contributed by atoms with Crippen LogP contribution in [-0.4, -0.2) is 0 Å². The molecule has 3 aromatic rings. The Hall–Kier alpha value is -3.38. The van der Waals surface area contributed by atoms with Crippen molar-refractivity contribution >= 4 is 11.6 Å². The molecule has 0 nitrogen and oxygen atoms in total. The molecule has 0 unspecified atom stereocenters. The van der Waals surface area contributed by atoms with Crippen LogP contribution in [0.25, 0.3) is 11.6 Å². The van der Waals surface area contributed by atoms with Crippen molar-refractivity contribution in [2.24, 2.45) is 0 Å². The SMILES string of the molecule is C=C(/C=C/c1ccccc1)C1=C(c2ccccc2)c2ccccc2CC1=C. The Balaban J connectivity index is 1.85. The molecule has 3 aromatic carbocycles. The lowest BCUT2D eigenvalue weighted by Crippen LogP contribution is -2.09. The minimum absolute atomic E-state index is 0.861. The van der Waals surface area contributed by atoms with E-state index in [4.69, 9.17) is 0 Å². The van der Waals surface area contributed by atoms with Crippen LogP contribution in [0.2, 0.25) is 0 Å². The van der Waals surface area contributed by atoms with Crippen molar-refractivity contribution in [3.05, 3.63) is 143 Å². The molecule has 4 rings (SSSR count). The Labute approximate surface area is 161 Å². The third-order valence-corrected chi connectivity index (χ3v) is 4.95. The highest BCUT2D eigenvalue weighted by atomic mass is 14.3. The average Bonchev–Trinajstić information content (AvgIpc) is 2.72. The van der Waals surface area contributed by atoms with Gasteiger partial charge in [-0.2, -0.15) is 0 Å². The molecule has 0 atom stereocenters. The molecule has 0 aliphatic heterocycles. The van der Waals surface area contributed by atoms with Gasteiger partial charge in [-0.25, -0.2) is 0 Å². The third kappa shape index (κ3) is 3.47. The molecule has 0 heterocycles. The molecule has 0 radical (unpaired) electrons. The summed E-state index contributed by atoms with van der Waals surface area (Å²) in [5, 5.41) is 0. The highest BCUT2D eigenvalue weighted by Gasteiger charge is 2.23. The maximum absolute atomic E-state index is 4.39. The average molecular weight is 346 g/mol. The Morgan fingerprint density at radius 2 is 1.41 bits per heavy atom. The van der Waals surface area contributed by atoms with Gasteiger partial charge in [0.05, 0.1) is 0 Å². The summed E-state index contributed by atoms with van der Waals surface area (Å²) in [7, 11) is 0. The Morgan fingerprint density at radius 3 is 2.15 bits per heavy atom. The van der Waals surface area contributed by atoms with Crippen molar-refractivity contribution in [1.29, 1.82) is 0 Å². The number of hydrogen-bond donors (Lipinski definition) is 0. The Bertz CT molecular complexity index is 1050. The van der Waals surface area contributed by atoms with Gasteiger partial charge in [-0.3, -0.25) is 0 Å². The fourth-order valence-corrected chi connectivity index (χ4v) is 3.68. The van der Waals surface area contributed by atoms with Crippen molar-refractivity contribution in [2.45, 2.75) is 6.42 Å². The molecule has 1 aliphatic carbocycles. The fraction of sp³-hybridized carbons (Fsp3) is 0.0370. The molecule has 1 aliphatic rings. The molecule has 0 aromatic heterocycles. The van der Waals surface area contributed by atoms with Crippen LogP contribution >= 0.6 is 0 Å². The van der Waals surface area contributed by atoms with Gasteiger partial charge >= 0.3 is 0 Å². The van der Waals surface area contributed by atoms with Gasteiger partial charge in [-0.05, 0) is 51.0 Å². The molecule has 27 heavy (non-hydrogen) atoms. The van der Waals surface area contributed by atoms with E-state index in [1.807, 2.05) is 18.2 Å². The molecule has 0 saturated carbocycles. The molecule has 0 saturated heterocycles. The van der Waals surface area contributed by atoms with Crippen molar-refractivity contribution in [3.63, 3.8) is 0 Å². The van der Waals surface area contributed by atoms with Crippen LogP contribution in [0.3, 0.4) is 0 Å². The lowest BCUT2D eigenvalue weighted by molar-refractivity contribution is 1.13. The summed E-state index contributed by atoms with van der Waals surface area (Å²) in [6.07, 6.45) is 5.08. The predicted octanol–water partition coefficient (Wildman–Crippen LogP) is 6.87. The van der Waals surface area contributed by atoms with Gasteiger partial charge in [-0.1, -0.05) is 110 Å². The van der Waals surface area contributed by atoms with Crippen LogP contribution < -0.4 is 0 Å². The molecule has 0 N–H and O–H groups in total. The quantitative estimate of drug-likeness (QED) is 0.452. The smallest absolute Gasteiger partial charge is 0.00191 e. The topological polar surface area (TPSA) is 0 Å². The zero-order valence-corrected chi connectivity index (χ0v) is 15.4. The highest BCUT2D eigenvalue weighted by molar-refractivity contribution is 5.91. The van der Waals surface area contributed by atoms with Gasteiger partial charge in [0.2, 0.25) is 0 Å². The molecular formula is C27H22. The highest BCUT2D eigenvalue weighted by Crippen LogP contribution is 2.41. The minimum atomic E-state index is 0.861. The summed E-state index contributed by atoms with van der Waals surface area (Å²) < 4.78 is 0. The standard InChI is InChI=1S/C27H22/c1-20(17-18-22-11-5-3-6-12-22)26-21(2)19-24-15-9-10-16-25(24)27(26)23-13-7-4-8-14-23/h3-18H,1-2,19H2/b18-17+. The summed E-state index contributed by atoms with van der Waals surface area (Å²) >= 11 is 0. The van der Waals surface area contributed by atoms with E-state index in [-0.39, 0.29) is 0 Å². The summed E-state index contributed by atoms with van der Waals surface area (Å²) in [5.41, 5.74) is 9.48. The van der Waals surface area contributed by atoms with Gasteiger partial charge in [0.15, 0.2) is 0 Å². The number of allylic oxidation sites excluding steroid dienone is 4. The van der Waals surface area contributed by atoms with Crippen molar-refractivity contribution in [1.82, 2.24) is 0 Å². The van der Waals surface area contributed by atoms with E-state index in [1.54, 1.807) is 0 Å². The molecule has 0 amide bonds. The largest absolute Gasteiger partial charge is 0.0949 e. The Kier molecular flexibility index (Phi) is 4.72. The fourth-order valence-electron chi connectivity index (χ4n) is 3.68. The first-order valence-electron chi connectivity index (χ1n) is 9.22. The van der Waals surface area contributed by atoms with Gasteiger partial charge in [0, 0.05) is 0 Å². The van der Waals surface area contributed by atoms with Crippen molar-refractivity contribution in [3.8, 4) is 0 Å². The minimum Gasteiger partial charge on any atom is -0.0949 e. The van der Waals surface area contributed by atoms with Gasteiger partial charge < -0.3 is 0 Å². The van der Waals surface area contributed by atoms with Gasteiger partial charge in [0.25, 0.3) is 0 Å². The van der Waals surface area contributed by atoms with E-state index < -0.39 is 0 Å².